The lowest BCUT2D eigenvalue weighted by molar-refractivity contribution is 0.415. The minimum absolute atomic E-state index is 0.252. The van der Waals surface area contributed by atoms with Gasteiger partial charge in [-0.25, -0.2) is 8.42 Å². The lowest BCUT2D eigenvalue weighted by Crippen LogP contribution is -1.96. The third-order valence-corrected chi connectivity index (χ3v) is 4.07. The Labute approximate surface area is 118 Å². The zero-order valence-electron chi connectivity index (χ0n) is 11.1. The molecule has 0 radical (unpaired) electrons. The summed E-state index contributed by atoms with van der Waals surface area (Å²) in [7, 11) is -1.67. The van der Waals surface area contributed by atoms with Crippen LogP contribution in [0.4, 0.5) is 0 Å². The molecule has 102 valence electrons. The van der Waals surface area contributed by atoms with E-state index in [1.807, 2.05) is 0 Å². The maximum Gasteiger partial charge on any atom is 0.175 e. The van der Waals surface area contributed by atoms with Gasteiger partial charge in [0.25, 0.3) is 0 Å². The summed E-state index contributed by atoms with van der Waals surface area (Å²) in [5.74, 6) is 0.645. The molecule has 5 heteroatoms. The SMILES string of the molecule is COc1ccc(C#N)c(-c2ccc(S(C)(=O)=O)cc2)c1. The minimum atomic E-state index is -3.22. The zero-order chi connectivity index (χ0) is 14.8. The molecule has 0 saturated carbocycles. The van der Waals surface area contributed by atoms with Crippen molar-refractivity contribution >= 4 is 9.84 Å². The molecule has 20 heavy (non-hydrogen) atoms. The van der Waals surface area contributed by atoms with Crippen LogP contribution in [-0.2, 0) is 9.84 Å². The second-order valence-corrected chi connectivity index (χ2v) is 6.34. The van der Waals surface area contributed by atoms with E-state index in [1.165, 1.54) is 12.1 Å². The van der Waals surface area contributed by atoms with E-state index in [9.17, 15) is 8.42 Å². The van der Waals surface area contributed by atoms with Crippen molar-refractivity contribution in [1.29, 1.82) is 5.26 Å². The molecular formula is C15H13NO3S. The van der Waals surface area contributed by atoms with Crippen LogP contribution in [0.3, 0.4) is 0 Å². The van der Waals surface area contributed by atoms with E-state index in [4.69, 9.17) is 10.00 Å². The Bertz CT molecular complexity index is 772. The van der Waals surface area contributed by atoms with Gasteiger partial charge in [-0.15, -0.1) is 0 Å². The molecule has 0 aromatic heterocycles. The smallest absolute Gasteiger partial charge is 0.175 e. The Morgan fingerprint density at radius 3 is 2.25 bits per heavy atom. The topological polar surface area (TPSA) is 67.2 Å². The monoisotopic (exact) mass is 287 g/mol. The first-order valence-corrected chi connectivity index (χ1v) is 7.73. The fraction of sp³-hybridized carbons (Fsp3) is 0.133. The number of hydrogen-bond donors (Lipinski definition) is 0. The number of sulfone groups is 1. The fourth-order valence-corrected chi connectivity index (χ4v) is 2.50. The van der Waals surface area contributed by atoms with Gasteiger partial charge in [0.2, 0.25) is 0 Å². The van der Waals surface area contributed by atoms with Gasteiger partial charge in [-0.1, -0.05) is 12.1 Å². The van der Waals surface area contributed by atoms with Crippen molar-refractivity contribution in [2.75, 3.05) is 13.4 Å². The van der Waals surface area contributed by atoms with Gasteiger partial charge in [0.05, 0.1) is 23.6 Å². The van der Waals surface area contributed by atoms with E-state index in [1.54, 1.807) is 37.4 Å². The number of hydrogen-bond acceptors (Lipinski definition) is 4. The summed E-state index contributed by atoms with van der Waals surface area (Å²) < 4.78 is 28.0. The maximum absolute atomic E-state index is 11.4. The molecule has 0 fully saturated rings. The van der Waals surface area contributed by atoms with Crippen LogP contribution in [0, 0.1) is 11.3 Å². The van der Waals surface area contributed by atoms with E-state index in [0.717, 1.165) is 11.8 Å². The first kappa shape index (κ1) is 14.1. The van der Waals surface area contributed by atoms with Crippen molar-refractivity contribution in [3.05, 3.63) is 48.0 Å². The predicted octanol–water partition coefficient (Wildman–Crippen LogP) is 2.64. The molecule has 0 amide bonds. The third kappa shape index (κ3) is 2.81. The van der Waals surface area contributed by atoms with Gasteiger partial charge in [0.1, 0.15) is 5.75 Å². The quantitative estimate of drug-likeness (QED) is 0.870. The van der Waals surface area contributed by atoms with Crippen LogP contribution in [-0.4, -0.2) is 21.8 Å². The molecule has 0 saturated heterocycles. The summed E-state index contributed by atoms with van der Waals surface area (Å²) in [6.07, 6.45) is 1.16. The van der Waals surface area contributed by atoms with Crippen LogP contribution in [0.15, 0.2) is 47.4 Å². The molecule has 4 nitrogen and oxygen atoms in total. The molecule has 0 atom stereocenters. The van der Waals surface area contributed by atoms with Crippen LogP contribution in [0.25, 0.3) is 11.1 Å². The first-order chi connectivity index (χ1) is 9.45. The van der Waals surface area contributed by atoms with Gasteiger partial charge in [-0.3, -0.25) is 0 Å². The van der Waals surface area contributed by atoms with Gasteiger partial charge in [0.15, 0.2) is 9.84 Å². The maximum atomic E-state index is 11.4. The molecule has 0 aliphatic heterocycles. The van der Waals surface area contributed by atoms with Crippen molar-refractivity contribution in [3.8, 4) is 22.9 Å². The Balaban J connectivity index is 2.54. The van der Waals surface area contributed by atoms with Crippen molar-refractivity contribution in [3.63, 3.8) is 0 Å². The van der Waals surface area contributed by atoms with Crippen molar-refractivity contribution < 1.29 is 13.2 Å². The van der Waals surface area contributed by atoms with Gasteiger partial charge >= 0.3 is 0 Å². The van der Waals surface area contributed by atoms with Gasteiger partial charge < -0.3 is 4.74 Å². The van der Waals surface area contributed by atoms with E-state index >= 15 is 0 Å². The van der Waals surface area contributed by atoms with E-state index in [2.05, 4.69) is 6.07 Å². The summed E-state index contributed by atoms with van der Waals surface area (Å²) >= 11 is 0. The van der Waals surface area contributed by atoms with E-state index in [0.29, 0.717) is 16.9 Å². The van der Waals surface area contributed by atoms with Crippen molar-refractivity contribution in [1.82, 2.24) is 0 Å². The standard InChI is InChI=1S/C15H13NO3S/c1-19-13-6-3-12(10-16)15(9-13)11-4-7-14(8-5-11)20(2,17)18/h3-9H,1-2H3. The van der Waals surface area contributed by atoms with E-state index < -0.39 is 9.84 Å². The average molecular weight is 287 g/mol. The molecule has 0 aliphatic carbocycles. The molecule has 0 bridgehead atoms. The molecule has 0 aliphatic rings. The molecule has 0 unspecified atom stereocenters. The van der Waals surface area contributed by atoms with Gasteiger partial charge in [0, 0.05) is 11.8 Å². The Kier molecular flexibility index (Phi) is 3.77. The fourth-order valence-electron chi connectivity index (χ4n) is 1.87. The molecular weight excluding hydrogens is 274 g/mol. The Morgan fingerprint density at radius 2 is 1.75 bits per heavy atom. The highest BCUT2D eigenvalue weighted by atomic mass is 32.2. The largest absolute Gasteiger partial charge is 0.497 e. The second kappa shape index (κ2) is 5.35. The summed E-state index contributed by atoms with van der Waals surface area (Å²) in [6.45, 7) is 0. The Morgan fingerprint density at radius 1 is 1.10 bits per heavy atom. The number of nitriles is 1. The number of rotatable bonds is 3. The molecule has 2 aromatic carbocycles. The number of ether oxygens (including phenoxy) is 1. The van der Waals surface area contributed by atoms with Crippen LogP contribution >= 0.6 is 0 Å². The molecule has 0 spiro atoms. The predicted molar refractivity (Wildman–Crippen MR) is 76.3 cm³/mol. The van der Waals surface area contributed by atoms with Crippen LogP contribution < -0.4 is 4.74 Å². The van der Waals surface area contributed by atoms with Gasteiger partial charge in [-0.05, 0) is 35.9 Å². The molecule has 2 rings (SSSR count). The molecule has 0 N–H and O–H groups in total. The van der Waals surface area contributed by atoms with Crippen molar-refractivity contribution in [2.45, 2.75) is 4.90 Å². The number of nitrogens with zero attached hydrogens (tertiary/aromatic N) is 1. The lowest BCUT2D eigenvalue weighted by Gasteiger charge is -2.08. The first-order valence-electron chi connectivity index (χ1n) is 5.84. The number of benzene rings is 2. The highest BCUT2D eigenvalue weighted by Crippen LogP contribution is 2.28. The number of methoxy groups -OCH3 is 1. The summed E-state index contributed by atoms with van der Waals surface area (Å²) in [5, 5.41) is 9.14. The van der Waals surface area contributed by atoms with Crippen LogP contribution in [0.5, 0.6) is 5.75 Å². The average Bonchev–Trinajstić information content (AvgIpc) is 2.45. The second-order valence-electron chi connectivity index (χ2n) is 4.32. The third-order valence-electron chi connectivity index (χ3n) is 2.94. The van der Waals surface area contributed by atoms with Crippen LogP contribution in [0.2, 0.25) is 0 Å². The summed E-state index contributed by atoms with van der Waals surface area (Å²) in [4.78, 5) is 0.252. The lowest BCUT2D eigenvalue weighted by atomic mass is 10.0. The highest BCUT2D eigenvalue weighted by molar-refractivity contribution is 7.90. The zero-order valence-corrected chi connectivity index (χ0v) is 11.9. The van der Waals surface area contributed by atoms with Crippen LogP contribution in [0.1, 0.15) is 5.56 Å². The van der Waals surface area contributed by atoms with E-state index in [-0.39, 0.29) is 4.90 Å². The molecule has 0 heterocycles. The Hall–Kier alpha value is -2.32. The normalized spacial score (nSPS) is 10.8. The molecule has 2 aromatic rings. The minimum Gasteiger partial charge on any atom is -0.497 e. The summed E-state index contributed by atoms with van der Waals surface area (Å²) in [6, 6.07) is 13.7. The van der Waals surface area contributed by atoms with Crippen molar-refractivity contribution in [2.24, 2.45) is 0 Å². The van der Waals surface area contributed by atoms with Gasteiger partial charge in [-0.2, -0.15) is 5.26 Å². The highest BCUT2D eigenvalue weighted by Gasteiger charge is 2.10. The summed E-state index contributed by atoms with van der Waals surface area (Å²) in [5.41, 5.74) is 2.00.